The molecule has 1 heterocycles. The highest BCUT2D eigenvalue weighted by molar-refractivity contribution is 9.11. The van der Waals surface area contributed by atoms with Gasteiger partial charge < -0.3 is 11.5 Å². The third-order valence-electron chi connectivity index (χ3n) is 1.44. The molecule has 0 saturated carbocycles. The summed E-state index contributed by atoms with van der Waals surface area (Å²) < 4.78 is 1.47. The van der Waals surface area contributed by atoms with Crippen LogP contribution in [0.5, 0.6) is 0 Å². The summed E-state index contributed by atoms with van der Waals surface area (Å²) in [5.74, 6) is -0.601. The average Bonchev–Trinajstić information content (AvgIpc) is 2.03. The van der Waals surface area contributed by atoms with Crippen molar-refractivity contribution < 1.29 is 4.79 Å². The molecule has 1 aromatic rings. The van der Waals surface area contributed by atoms with E-state index in [1.807, 2.05) is 0 Å². The van der Waals surface area contributed by atoms with E-state index < -0.39 is 11.9 Å². The van der Waals surface area contributed by atoms with Crippen molar-refractivity contribution in [3.05, 3.63) is 26.9 Å². The second-order valence-electron chi connectivity index (χ2n) is 2.40. The Morgan fingerprint density at radius 1 is 1.54 bits per heavy atom. The third kappa shape index (κ3) is 2.49. The first-order valence-corrected chi connectivity index (χ1v) is 4.97. The van der Waals surface area contributed by atoms with Crippen molar-refractivity contribution in [3.63, 3.8) is 0 Å². The van der Waals surface area contributed by atoms with Crippen molar-refractivity contribution in [2.45, 2.75) is 6.04 Å². The SMILES string of the molecule is NC(=O)C(N)c1ncc(Br)cc1Br. The minimum absolute atomic E-state index is 0.440. The third-order valence-corrected chi connectivity index (χ3v) is 2.51. The van der Waals surface area contributed by atoms with Gasteiger partial charge in [-0.05, 0) is 37.9 Å². The van der Waals surface area contributed by atoms with E-state index in [0.717, 1.165) is 4.47 Å². The fourth-order valence-corrected chi connectivity index (χ4v) is 2.02. The number of pyridine rings is 1. The molecule has 6 heteroatoms. The van der Waals surface area contributed by atoms with Crippen LogP contribution in [0.1, 0.15) is 11.7 Å². The fourth-order valence-electron chi connectivity index (χ4n) is 0.789. The number of primary amides is 1. The second kappa shape index (κ2) is 4.17. The first-order valence-electron chi connectivity index (χ1n) is 3.38. The van der Waals surface area contributed by atoms with Gasteiger partial charge in [-0.25, -0.2) is 0 Å². The highest BCUT2D eigenvalue weighted by atomic mass is 79.9. The van der Waals surface area contributed by atoms with E-state index in [1.165, 1.54) is 0 Å². The lowest BCUT2D eigenvalue weighted by molar-refractivity contribution is -0.119. The Hall–Kier alpha value is -0.460. The van der Waals surface area contributed by atoms with Gasteiger partial charge in [0, 0.05) is 15.1 Å². The number of carbonyl (C=O) groups excluding carboxylic acids is 1. The Morgan fingerprint density at radius 3 is 2.62 bits per heavy atom. The zero-order valence-electron chi connectivity index (χ0n) is 6.50. The van der Waals surface area contributed by atoms with Crippen molar-refractivity contribution in [2.75, 3.05) is 0 Å². The molecule has 1 rings (SSSR count). The van der Waals surface area contributed by atoms with Gasteiger partial charge in [0.15, 0.2) is 0 Å². The largest absolute Gasteiger partial charge is 0.368 e. The maximum absolute atomic E-state index is 10.8. The Labute approximate surface area is 92.0 Å². The molecular weight excluding hydrogens is 302 g/mol. The lowest BCUT2D eigenvalue weighted by atomic mass is 10.2. The Kier molecular flexibility index (Phi) is 3.40. The number of carbonyl (C=O) groups is 1. The lowest BCUT2D eigenvalue weighted by Gasteiger charge is -2.08. The van der Waals surface area contributed by atoms with Crippen LogP contribution >= 0.6 is 31.9 Å². The molecule has 4 nitrogen and oxygen atoms in total. The van der Waals surface area contributed by atoms with Gasteiger partial charge in [0.2, 0.25) is 5.91 Å². The number of aromatic nitrogens is 1. The summed E-state index contributed by atoms with van der Waals surface area (Å²) in [5.41, 5.74) is 11.0. The Bertz CT molecular complexity index is 343. The van der Waals surface area contributed by atoms with Crippen LogP contribution in [0.15, 0.2) is 21.2 Å². The molecule has 0 bridgehead atoms. The van der Waals surface area contributed by atoms with E-state index in [9.17, 15) is 4.79 Å². The van der Waals surface area contributed by atoms with E-state index in [0.29, 0.717) is 10.2 Å². The van der Waals surface area contributed by atoms with Crippen molar-refractivity contribution in [2.24, 2.45) is 11.5 Å². The summed E-state index contributed by atoms with van der Waals surface area (Å²) in [5, 5.41) is 0. The molecule has 1 atom stereocenters. The number of hydrogen-bond donors (Lipinski definition) is 2. The summed E-state index contributed by atoms with van der Waals surface area (Å²) in [4.78, 5) is 14.7. The summed E-state index contributed by atoms with van der Waals surface area (Å²) in [6, 6.07) is 0.882. The van der Waals surface area contributed by atoms with Gasteiger partial charge in [0.25, 0.3) is 0 Å². The molecule has 1 unspecified atom stereocenters. The van der Waals surface area contributed by atoms with Crippen LogP contribution in [0.25, 0.3) is 0 Å². The second-order valence-corrected chi connectivity index (χ2v) is 4.17. The average molecular weight is 309 g/mol. The minimum Gasteiger partial charge on any atom is -0.368 e. The van der Waals surface area contributed by atoms with Crippen LogP contribution in [0.3, 0.4) is 0 Å². The maximum atomic E-state index is 10.8. The molecule has 0 aliphatic carbocycles. The van der Waals surface area contributed by atoms with Crippen molar-refractivity contribution >= 4 is 37.8 Å². The van der Waals surface area contributed by atoms with Crippen LogP contribution in [-0.4, -0.2) is 10.9 Å². The lowest BCUT2D eigenvalue weighted by Crippen LogP contribution is -2.29. The predicted octanol–water partition coefficient (Wildman–Crippen LogP) is 1.09. The summed E-state index contributed by atoms with van der Waals surface area (Å²) in [6.07, 6.45) is 1.56. The fraction of sp³-hybridized carbons (Fsp3) is 0.143. The molecule has 13 heavy (non-hydrogen) atoms. The standard InChI is InChI=1S/C7H7Br2N3O/c8-3-1-4(9)6(12-2-3)5(10)7(11)13/h1-2,5H,10H2,(H2,11,13). The van der Waals surface area contributed by atoms with Gasteiger partial charge in [-0.1, -0.05) is 0 Å². The van der Waals surface area contributed by atoms with Crippen LogP contribution in [-0.2, 0) is 4.79 Å². The smallest absolute Gasteiger partial charge is 0.240 e. The number of amides is 1. The number of nitrogens with zero attached hydrogens (tertiary/aromatic N) is 1. The molecular formula is C7H7Br2N3O. The molecule has 0 aromatic carbocycles. The van der Waals surface area contributed by atoms with Gasteiger partial charge in [-0.2, -0.15) is 0 Å². The van der Waals surface area contributed by atoms with Gasteiger partial charge in [0.1, 0.15) is 6.04 Å². The molecule has 70 valence electrons. The first-order chi connectivity index (χ1) is 6.02. The zero-order chi connectivity index (χ0) is 10.0. The normalized spacial score (nSPS) is 12.5. The summed E-state index contributed by atoms with van der Waals surface area (Å²) in [6.45, 7) is 0. The first kappa shape index (κ1) is 10.6. The summed E-state index contributed by atoms with van der Waals surface area (Å²) in [7, 11) is 0. The van der Waals surface area contributed by atoms with Crippen molar-refractivity contribution in [3.8, 4) is 0 Å². The van der Waals surface area contributed by atoms with Crippen molar-refractivity contribution in [1.82, 2.24) is 4.98 Å². The van der Waals surface area contributed by atoms with Crippen LogP contribution in [0, 0.1) is 0 Å². The van der Waals surface area contributed by atoms with E-state index in [-0.39, 0.29) is 0 Å². The molecule has 4 N–H and O–H groups in total. The summed E-state index contributed by atoms with van der Waals surface area (Å²) >= 11 is 6.47. The Balaban J connectivity index is 3.08. The quantitative estimate of drug-likeness (QED) is 0.858. The maximum Gasteiger partial charge on any atom is 0.240 e. The van der Waals surface area contributed by atoms with E-state index in [2.05, 4.69) is 36.8 Å². The van der Waals surface area contributed by atoms with Gasteiger partial charge in [-0.15, -0.1) is 0 Å². The van der Waals surface area contributed by atoms with E-state index in [4.69, 9.17) is 11.5 Å². The predicted molar refractivity (Wildman–Crippen MR) is 55.8 cm³/mol. The molecule has 0 aliphatic rings. The van der Waals surface area contributed by atoms with Crippen LogP contribution in [0.2, 0.25) is 0 Å². The minimum atomic E-state index is -0.873. The van der Waals surface area contributed by atoms with Gasteiger partial charge in [0.05, 0.1) is 5.69 Å². The molecule has 0 saturated heterocycles. The van der Waals surface area contributed by atoms with Crippen molar-refractivity contribution in [1.29, 1.82) is 0 Å². The molecule has 0 fully saturated rings. The topological polar surface area (TPSA) is 82.0 Å². The number of nitrogens with two attached hydrogens (primary N) is 2. The molecule has 0 radical (unpaired) electrons. The highest BCUT2D eigenvalue weighted by Crippen LogP contribution is 2.23. The van der Waals surface area contributed by atoms with Crippen LogP contribution < -0.4 is 11.5 Å². The zero-order valence-corrected chi connectivity index (χ0v) is 9.67. The number of hydrogen-bond acceptors (Lipinski definition) is 3. The molecule has 1 amide bonds. The monoisotopic (exact) mass is 307 g/mol. The van der Waals surface area contributed by atoms with Gasteiger partial charge >= 0.3 is 0 Å². The van der Waals surface area contributed by atoms with Crippen LogP contribution in [0.4, 0.5) is 0 Å². The highest BCUT2D eigenvalue weighted by Gasteiger charge is 2.16. The molecule has 0 aliphatic heterocycles. The molecule has 0 spiro atoms. The number of halogens is 2. The van der Waals surface area contributed by atoms with Gasteiger partial charge in [-0.3, -0.25) is 9.78 Å². The molecule has 1 aromatic heterocycles. The van der Waals surface area contributed by atoms with E-state index >= 15 is 0 Å². The van der Waals surface area contributed by atoms with E-state index in [1.54, 1.807) is 12.3 Å². The Morgan fingerprint density at radius 2 is 2.15 bits per heavy atom. The number of rotatable bonds is 2.